The molecular weight excluding hydrogens is 272 g/mol. The van der Waals surface area contributed by atoms with Crippen LogP contribution in [0, 0.1) is 11.8 Å². The molecule has 21 heavy (non-hydrogen) atoms. The molecule has 2 aliphatic heterocycles. The molecule has 1 N–H and O–H groups in total. The minimum absolute atomic E-state index is 0.0632. The quantitative estimate of drug-likeness (QED) is 0.857. The number of hydrogen-bond acceptors (Lipinski definition) is 3. The monoisotopic (exact) mass is 298 g/mol. The van der Waals surface area contributed by atoms with Gasteiger partial charge in [-0.25, -0.2) is 4.79 Å². The SMILES string of the molecule is CCCC1CCN(C(=O)N(C)C2COCC2C(=O)O)CC1. The van der Waals surface area contributed by atoms with Crippen molar-refractivity contribution in [3.8, 4) is 0 Å². The van der Waals surface area contributed by atoms with Gasteiger partial charge in [0.05, 0.1) is 19.3 Å². The van der Waals surface area contributed by atoms with Gasteiger partial charge in [0, 0.05) is 20.1 Å². The second-order valence-electron chi connectivity index (χ2n) is 6.16. The van der Waals surface area contributed by atoms with Crippen LogP contribution in [0.2, 0.25) is 0 Å². The molecule has 120 valence electrons. The van der Waals surface area contributed by atoms with E-state index in [-0.39, 0.29) is 18.7 Å². The van der Waals surface area contributed by atoms with E-state index in [4.69, 9.17) is 4.74 Å². The van der Waals surface area contributed by atoms with Crippen LogP contribution < -0.4 is 0 Å². The molecule has 0 spiro atoms. The molecule has 6 heteroatoms. The van der Waals surface area contributed by atoms with Gasteiger partial charge >= 0.3 is 12.0 Å². The number of carboxylic acid groups (broad SMARTS) is 1. The van der Waals surface area contributed by atoms with Gasteiger partial charge in [-0.2, -0.15) is 0 Å². The number of hydrogen-bond donors (Lipinski definition) is 1. The maximum atomic E-state index is 12.5. The maximum Gasteiger partial charge on any atom is 0.320 e. The Labute approximate surface area is 126 Å². The summed E-state index contributed by atoms with van der Waals surface area (Å²) < 4.78 is 5.25. The van der Waals surface area contributed by atoms with Crippen molar-refractivity contribution in [2.24, 2.45) is 11.8 Å². The molecule has 2 amide bonds. The van der Waals surface area contributed by atoms with Crippen molar-refractivity contribution >= 4 is 12.0 Å². The first-order valence-electron chi connectivity index (χ1n) is 7.86. The molecule has 2 rings (SSSR count). The van der Waals surface area contributed by atoms with Gasteiger partial charge in [0.15, 0.2) is 0 Å². The van der Waals surface area contributed by atoms with Gasteiger partial charge in [0.2, 0.25) is 0 Å². The molecule has 2 aliphatic rings. The number of rotatable bonds is 4. The minimum Gasteiger partial charge on any atom is -0.481 e. The summed E-state index contributed by atoms with van der Waals surface area (Å²) in [6, 6.07) is -0.421. The van der Waals surface area contributed by atoms with Gasteiger partial charge in [0.25, 0.3) is 0 Å². The average molecular weight is 298 g/mol. The summed E-state index contributed by atoms with van der Waals surface area (Å²) in [5.41, 5.74) is 0. The molecule has 0 aliphatic carbocycles. The van der Waals surface area contributed by atoms with Gasteiger partial charge in [-0.05, 0) is 18.8 Å². The molecule has 0 saturated carbocycles. The van der Waals surface area contributed by atoms with Gasteiger partial charge in [-0.3, -0.25) is 4.79 Å². The third kappa shape index (κ3) is 3.67. The molecular formula is C15H26N2O4. The van der Waals surface area contributed by atoms with E-state index < -0.39 is 11.9 Å². The highest BCUT2D eigenvalue weighted by Crippen LogP contribution is 2.24. The van der Waals surface area contributed by atoms with Gasteiger partial charge < -0.3 is 19.6 Å². The minimum atomic E-state index is -0.890. The van der Waals surface area contributed by atoms with Crippen molar-refractivity contribution in [3.63, 3.8) is 0 Å². The molecule has 2 unspecified atom stereocenters. The lowest BCUT2D eigenvalue weighted by atomic mass is 9.92. The van der Waals surface area contributed by atoms with Crippen molar-refractivity contribution in [2.45, 2.75) is 38.6 Å². The number of aliphatic carboxylic acids is 1. The number of nitrogens with zero attached hydrogens (tertiary/aromatic N) is 2. The summed E-state index contributed by atoms with van der Waals surface area (Å²) in [4.78, 5) is 27.1. The van der Waals surface area contributed by atoms with Crippen molar-refractivity contribution in [3.05, 3.63) is 0 Å². The van der Waals surface area contributed by atoms with Crippen molar-refractivity contribution < 1.29 is 19.4 Å². The molecule has 0 aromatic rings. The fourth-order valence-electron chi connectivity index (χ4n) is 3.35. The second kappa shape index (κ2) is 7.11. The average Bonchev–Trinajstić information content (AvgIpc) is 2.96. The fraction of sp³-hybridized carbons (Fsp3) is 0.867. The molecule has 2 atom stereocenters. The Bertz CT molecular complexity index is 380. The number of carboxylic acids is 1. The zero-order valence-corrected chi connectivity index (χ0v) is 13.0. The summed E-state index contributed by atoms with van der Waals surface area (Å²) >= 11 is 0. The van der Waals surface area contributed by atoms with E-state index in [0.29, 0.717) is 6.61 Å². The highest BCUT2D eigenvalue weighted by molar-refractivity contribution is 5.77. The van der Waals surface area contributed by atoms with Crippen molar-refractivity contribution in [2.75, 3.05) is 33.4 Å². The number of likely N-dealkylation sites (N-methyl/N-ethyl adjacent to an activating group) is 1. The van der Waals surface area contributed by atoms with Gasteiger partial charge in [-0.1, -0.05) is 19.8 Å². The summed E-state index contributed by atoms with van der Waals surface area (Å²) in [5, 5.41) is 9.19. The fourth-order valence-corrected chi connectivity index (χ4v) is 3.35. The first-order valence-corrected chi connectivity index (χ1v) is 7.86. The maximum absolute atomic E-state index is 12.5. The normalized spacial score (nSPS) is 26.9. The zero-order valence-electron chi connectivity index (χ0n) is 13.0. The Morgan fingerprint density at radius 2 is 1.95 bits per heavy atom. The highest BCUT2D eigenvalue weighted by atomic mass is 16.5. The number of piperidine rings is 1. The highest BCUT2D eigenvalue weighted by Gasteiger charge is 2.39. The predicted molar refractivity (Wildman–Crippen MR) is 78.1 cm³/mol. The van der Waals surface area contributed by atoms with Crippen LogP contribution in [0.5, 0.6) is 0 Å². The molecule has 0 aromatic carbocycles. The van der Waals surface area contributed by atoms with E-state index in [1.54, 1.807) is 11.9 Å². The Balaban J connectivity index is 1.89. The van der Waals surface area contributed by atoms with Crippen molar-refractivity contribution in [1.82, 2.24) is 9.80 Å². The Morgan fingerprint density at radius 1 is 1.29 bits per heavy atom. The lowest BCUT2D eigenvalue weighted by molar-refractivity contribution is -0.142. The number of amides is 2. The van der Waals surface area contributed by atoms with Crippen LogP contribution in [-0.2, 0) is 9.53 Å². The molecule has 2 heterocycles. The zero-order chi connectivity index (χ0) is 15.4. The summed E-state index contributed by atoms with van der Waals surface area (Å²) in [7, 11) is 1.69. The van der Waals surface area contributed by atoms with Crippen LogP contribution in [0.15, 0.2) is 0 Å². The number of ether oxygens (including phenoxy) is 1. The van der Waals surface area contributed by atoms with E-state index in [0.717, 1.165) is 31.8 Å². The number of carbonyl (C=O) groups excluding carboxylic acids is 1. The largest absolute Gasteiger partial charge is 0.481 e. The van der Waals surface area contributed by atoms with Crippen LogP contribution >= 0.6 is 0 Å². The topological polar surface area (TPSA) is 70.1 Å². The van der Waals surface area contributed by atoms with E-state index in [1.165, 1.54) is 12.8 Å². The second-order valence-corrected chi connectivity index (χ2v) is 6.16. The summed E-state index contributed by atoms with van der Waals surface area (Å²) in [6.07, 6.45) is 4.53. The number of urea groups is 1. The number of likely N-dealkylation sites (tertiary alicyclic amines) is 1. The molecule has 2 fully saturated rings. The van der Waals surface area contributed by atoms with Crippen LogP contribution in [0.25, 0.3) is 0 Å². The first kappa shape index (κ1) is 16.1. The Morgan fingerprint density at radius 3 is 2.52 bits per heavy atom. The van der Waals surface area contributed by atoms with E-state index >= 15 is 0 Å². The number of carbonyl (C=O) groups is 2. The smallest absolute Gasteiger partial charge is 0.320 e. The Hall–Kier alpha value is -1.30. The first-order chi connectivity index (χ1) is 10.0. The third-order valence-corrected chi connectivity index (χ3v) is 4.75. The van der Waals surface area contributed by atoms with E-state index in [1.807, 2.05) is 4.90 Å². The molecule has 0 radical (unpaired) electrons. The van der Waals surface area contributed by atoms with E-state index in [9.17, 15) is 14.7 Å². The molecule has 6 nitrogen and oxygen atoms in total. The van der Waals surface area contributed by atoms with Gasteiger partial charge in [0.1, 0.15) is 5.92 Å². The predicted octanol–water partition coefficient (Wildman–Crippen LogP) is 1.65. The molecule has 2 saturated heterocycles. The van der Waals surface area contributed by atoms with E-state index in [2.05, 4.69) is 6.92 Å². The molecule has 0 aromatic heterocycles. The summed E-state index contributed by atoms with van der Waals surface area (Å²) in [6.45, 7) is 4.25. The lowest BCUT2D eigenvalue weighted by Crippen LogP contribution is -2.51. The Kier molecular flexibility index (Phi) is 5.45. The van der Waals surface area contributed by atoms with Gasteiger partial charge in [-0.15, -0.1) is 0 Å². The van der Waals surface area contributed by atoms with Crippen LogP contribution in [0.1, 0.15) is 32.6 Å². The summed E-state index contributed by atoms with van der Waals surface area (Å²) in [5.74, 6) is -0.777. The third-order valence-electron chi connectivity index (χ3n) is 4.75. The molecule has 0 bridgehead atoms. The van der Waals surface area contributed by atoms with Crippen LogP contribution in [-0.4, -0.2) is 66.3 Å². The standard InChI is InChI=1S/C15H26N2O4/c1-3-4-11-5-7-17(8-6-11)15(20)16(2)13-10-21-9-12(13)14(18)19/h11-13H,3-10H2,1-2H3,(H,18,19). The van der Waals surface area contributed by atoms with Crippen LogP contribution in [0.4, 0.5) is 4.79 Å². The van der Waals surface area contributed by atoms with Crippen molar-refractivity contribution in [1.29, 1.82) is 0 Å². The van der Waals surface area contributed by atoms with Crippen LogP contribution in [0.3, 0.4) is 0 Å². The lowest BCUT2D eigenvalue weighted by Gasteiger charge is -2.36.